The van der Waals surface area contributed by atoms with E-state index in [-0.39, 0.29) is 6.54 Å². The van der Waals surface area contributed by atoms with Crippen LogP contribution in [0.1, 0.15) is 16.7 Å². The maximum absolute atomic E-state index is 13.4. The summed E-state index contributed by atoms with van der Waals surface area (Å²) < 4.78 is 13.4. The van der Waals surface area contributed by atoms with Crippen LogP contribution in [0.2, 0.25) is 0 Å². The van der Waals surface area contributed by atoms with Crippen molar-refractivity contribution >= 4 is 6.08 Å². The Morgan fingerprint density at radius 1 is 1.62 bits per heavy atom. The van der Waals surface area contributed by atoms with E-state index in [0.29, 0.717) is 11.1 Å². The highest BCUT2D eigenvalue weighted by atomic mass is 19.1. The van der Waals surface area contributed by atoms with Crippen molar-refractivity contribution in [2.45, 2.75) is 13.5 Å². The first kappa shape index (κ1) is 9.58. The number of nitroso groups, excluding NO2 is 1. The van der Waals surface area contributed by atoms with Crippen LogP contribution < -0.4 is 0 Å². The van der Waals surface area contributed by atoms with Gasteiger partial charge in [-0.3, -0.25) is 0 Å². The lowest BCUT2D eigenvalue weighted by Gasteiger charge is -2.03. The van der Waals surface area contributed by atoms with Crippen LogP contribution in [0.4, 0.5) is 4.39 Å². The molecule has 13 heavy (non-hydrogen) atoms. The zero-order valence-corrected chi connectivity index (χ0v) is 7.38. The second kappa shape index (κ2) is 3.94. The minimum atomic E-state index is -0.403. The van der Waals surface area contributed by atoms with Gasteiger partial charge in [-0.15, -0.1) is 0 Å². The molecular weight excluding hydrogens is 169 g/mol. The summed E-state index contributed by atoms with van der Waals surface area (Å²) in [4.78, 5) is 9.99. The standard InChI is InChI=1S/C10H10FNO/c1-3-8-4-7(2)5-9(6-12-13)10(8)11/h3-5H,1,6H2,2H3. The molecule has 0 unspecified atom stereocenters. The van der Waals surface area contributed by atoms with Gasteiger partial charge in [0.1, 0.15) is 12.4 Å². The highest BCUT2D eigenvalue weighted by Gasteiger charge is 2.06. The normalized spacial score (nSPS) is 9.69. The van der Waals surface area contributed by atoms with Crippen molar-refractivity contribution in [1.29, 1.82) is 0 Å². The Bertz CT molecular complexity index is 347. The molecule has 0 amide bonds. The molecule has 0 radical (unpaired) electrons. The van der Waals surface area contributed by atoms with E-state index in [2.05, 4.69) is 11.8 Å². The number of hydrogen-bond donors (Lipinski definition) is 0. The van der Waals surface area contributed by atoms with Crippen molar-refractivity contribution in [3.63, 3.8) is 0 Å². The number of nitrogens with zero attached hydrogens (tertiary/aromatic N) is 1. The molecule has 1 rings (SSSR count). The molecule has 0 aromatic heterocycles. The van der Waals surface area contributed by atoms with Gasteiger partial charge in [0.2, 0.25) is 0 Å². The van der Waals surface area contributed by atoms with Gasteiger partial charge in [0, 0.05) is 11.1 Å². The molecule has 0 saturated heterocycles. The van der Waals surface area contributed by atoms with Crippen LogP contribution in [-0.4, -0.2) is 0 Å². The van der Waals surface area contributed by atoms with Crippen LogP contribution in [-0.2, 0) is 6.54 Å². The van der Waals surface area contributed by atoms with Crippen molar-refractivity contribution in [2.75, 3.05) is 0 Å². The van der Waals surface area contributed by atoms with E-state index in [0.717, 1.165) is 5.56 Å². The molecule has 2 nitrogen and oxygen atoms in total. The summed E-state index contributed by atoms with van der Waals surface area (Å²) in [6.45, 7) is 5.19. The van der Waals surface area contributed by atoms with Crippen LogP contribution in [0.3, 0.4) is 0 Å². The zero-order chi connectivity index (χ0) is 9.84. The third-order valence-electron chi connectivity index (χ3n) is 1.78. The van der Waals surface area contributed by atoms with Gasteiger partial charge in [0.05, 0.1) is 0 Å². The molecule has 0 atom stereocenters. The van der Waals surface area contributed by atoms with Gasteiger partial charge < -0.3 is 0 Å². The molecule has 0 aliphatic rings. The second-order valence-electron chi connectivity index (χ2n) is 2.82. The third-order valence-corrected chi connectivity index (χ3v) is 1.78. The van der Waals surface area contributed by atoms with Crippen LogP contribution in [0.15, 0.2) is 23.9 Å². The van der Waals surface area contributed by atoms with Crippen LogP contribution in [0.5, 0.6) is 0 Å². The Balaban J connectivity index is 3.25. The van der Waals surface area contributed by atoms with E-state index < -0.39 is 5.82 Å². The fourth-order valence-electron chi connectivity index (χ4n) is 1.21. The maximum Gasteiger partial charge on any atom is 0.135 e. The summed E-state index contributed by atoms with van der Waals surface area (Å²) in [5.74, 6) is -0.403. The largest absolute Gasteiger partial charge is 0.206 e. The molecule has 0 aliphatic carbocycles. The van der Waals surface area contributed by atoms with Crippen molar-refractivity contribution in [1.82, 2.24) is 0 Å². The van der Waals surface area contributed by atoms with Gasteiger partial charge in [-0.1, -0.05) is 23.9 Å². The monoisotopic (exact) mass is 179 g/mol. The minimum absolute atomic E-state index is 0.131. The number of hydrogen-bond acceptors (Lipinski definition) is 2. The quantitative estimate of drug-likeness (QED) is 0.655. The number of aryl methyl sites for hydroxylation is 1. The summed E-state index contributed by atoms with van der Waals surface area (Å²) in [7, 11) is 0. The fraction of sp³-hybridized carbons (Fsp3) is 0.200. The van der Waals surface area contributed by atoms with Gasteiger partial charge in [-0.2, -0.15) is 4.91 Å². The molecule has 1 aromatic carbocycles. The van der Waals surface area contributed by atoms with E-state index >= 15 is 0 Å². The molecule has 0 saturated carbocycles. The van der Waals surface area contributed by atoms with Crippen molar-refractivity contribution in [3.8, 4) is 0 Å². The molecule has 0 N–H and O–H groups in total. The second-order valence-corrected chi connectivity index (χ2v) is 2.82. The van der Waals surface area contributed by atoms with Gasteiger partial charge in [0.25, 0.3) is 0 Å². The minimum Gasteiger partial charge on any atom is -0.206 e. The lowest BCUT2D eigenvalue weighted by atomic mass is 10.1. The van der Waals surface area contributed by atoms with E-state index in [1.807, 2.05) is 6.92 Å². The van der Waals surface area contributed by atoms with Crippen molar-refractivity contribution in [3.05, 3.63) is 46.1 Å². The predicted octanol–water partition coefficient (Wildman–Crippen LogP) is 3.04. The maximum atomic E-state index is 13.4. The Kier molecular flexibility index (Phi) is 2.90. The van der Waals surface area contributed by atoms with Gasteiger partial charge in [-0.25, -0.2) is 4.39 Å². The third kappa shape index (κ3) is 1.99. The SMILES string of the molecule is C=Cc1cc(C)cc(CN=O)c1F. The summed E-state index contributed by atoms with van der Waals surface area (Å²) in [6.07, 6.45) is 1.43. The van der Waals surface area contributed by atoms with Gasteiger partial charge in [0.15, 0.2) is 0 Å². The molecule has 3 heteroatoms. The summed E-state index contributed by atoms with van der Waals surface area (Å²) in [6, 6.07) is 3.29. The van der Waals surface area contributed by atoms with E-state index in [1.165, 1.54) is 6.08 Å². The first-order valence-corrected chi connectivity index (χ1v) is 3.89. The van der Waals surface area contributed by atoms with E-state index in [4.69, 9.17) is 0 Å². The molecule has 0 spiro atoms. The molecule has 0 fully saturated rings. The molecule has 0 aliphatic heterocycles. The Morgan fingerprint density at radius 2 is 2.31 bits per heavy atom. The van der Waals surface area contributed by atoms with Crippen molar-refractivity contribution < 1.29 is 4.39 Å². The Hall–Kier alpha value is -1.51. The zero-order valence-electron chi connectivity index (χ0n) is 7.38. The molecule has 0 bridgehead atoms. The van der Waals surface area contributed by atoms with Gasteiger partial charge in [-0.05, 0) is 18.6 Å². The highest BCUT2D eigenvalue weighted by molar-refractivity contribution is 5.51. The van der Waals surface area contributed by atoms with Crippen LogP contribution >= 0.6 is 0 Å². The van der Waals surface area contributed by atoms with E-state index in [1.54, 1.807) is 12.1 Å². The number of benzene rings is 1. The van der Waals surface area contributed by atoms with Crippen LogP contribution in [0, 0.1) is 17.6 Å². The lowest BCUT2D eigenvalue weighted by molar-refractivity contribution is 0.607. The first-order chi connectivity index (χ1) is 6.19. The first-order valence-electron chi connectivity index (χ1n) is 3.89. The molecule has 68 valence electrons. The van der Waals surface area contributed by atoms with E-state index in [9.17, 15) is 9.30 Å². The summed E-state index contributed by atoms with van der Waals surface area (Å²) >= 11 is 0. The average Bonchev–Trinajstić information content (AvgIpc) is 2.11. The Morgan fingerprint density at radius 3 is 2.85 bits per heavy atom. The van der Waals surface area contributed by atoms with Crippen molar-refractivity contribution in [2.24, 2.45) is 5.18 Å². The molecule has 1 aromatic rings. The topological polar surface area (TPSA) is 29.4 Å². The fourth-order valence-corrected chi connectivity index (χ4v) is 1.21. The van der Waals surface area contributed by atoms with Crippen LogP contribution in [0.25, 0.3) is 6.08 Å². The van der Waals surface area contributed by atoms with Gasteiger partial charge >= 0.3 is 0 Å². The lowest BCUT2D eigenvalue weighted by Crippen LogP contribution is -1.93. The average molecular weight is 179 g/mol. The number of rotatable bonds is 3. The number of halogens is 1. The molecule has 0 heterocycles. The summed E-state index contributed by atoms with van der Waals surface area (Å²) in [5, 5.41) is 2.66. The Labute approximate surface area is 76.1 Å². The highest BCUT2D eigenvalue weighted by Crippen LogP contribution is 2.17. The molecular formula is C10H10FNO. The predicted molar refractivity (Wildman–Crippen MR) is 50.7 cm³/mol. The summed E-state index contributed by atoms with van der Waals surface area (Å²) in [5.41, 5.74) is 1.64. The smallest absolute Gasteiger partial charge is 0.135 e.